The Morgan fingerprint density at radius 3 is 2.48 bits per heavy atom. The second-order valence-electron chi connectivity index (χ2n) is 5.89. The van der Waals surface area contributed by atoms with E-state index in [-0.39, 0.29) is 6.04 Å². The molecule has 1 N–H and O–H groups in total. The van der Waals surface area contributed by atoms with Crippen LogP contribution in [0.2, 0.25) is 0 Å². The summed E-state index contributed by atoms with van der Waals surface area (Å²) in [6, 6.07) is 5.65. The minimum Gasteiger partial charge on any atom is -0.317 e. The van der Waals surface area contributed by atoms with E-state index in [9.17, 15) is 13.2 Å². The van der Waals surface area contributed by atoms with Crippen LogP contribution in [-0.4, -0.2) is 31.6 Å². The highest BCUT2D eigenvalue weighted by molar-refractivity contribution is 5.32. The van der Waals surface area contributed by atoms with E-state index in [1.165, 1.54) is 12.1 Å². The van der Waals surface area contributed by atoms with Crippen molar-refractivity contribution in [1.82, 2.24) is 10.2 Å². The van der Waals surface area contributed by atoms with E-state index in [1.807, 2.05) is 18.9 Å². The molecule has 1 aromatic carbocycles. The summed E-state index contributed by atoms with van der Waals surface area (Å²) in [5.74, 6) is 0.566. The highest BCUT2D eigenvalue weighted by Crippen LogP contribution is 2.36. The first kappa shape index (κ1) is 16.3. The van der Waals surface area contributed by atoms with Crippen LogP contribution in [0.5, 0.6) is 0 Å². The Morgan fingerprint density at radius 1 is 1.24 bits per heavy atom. The third kappa shape index (κ3) is 4.20. The molecule has 21 heavy (non-hydrogen) atoms. The molecule has 2 nitrogen and oxygen atoms in total. The van der Waals surface area contributed by atoms with Gasteiger partial charge in [-0.25, -0.2) is 0 Å². The molecule has 1 unspecified atom stereocenters. The lowest BCUT2D eigenvalue weighted by atomic mass is 9.95. The number of hydrogen-bond acceptors (Lipinski definition) is 2. The van der Waals surface area contributed by atoms with Gasteiger partial charge in [-0.2, -0.15) is 13.2 Å². The minimum atomic E-state index is -4.29. The van der Waals surface area contributed by atoms with Gasteiger partial charge in [-0.1, -0.05) is 18.2 Å². The van der Waals surface area contributed by atoms with Crippen molar-refractivity contribution in [3.05, 3.63) is 35.4 Å². The summed E-state index contributed by atoms with van der Waals surface area (Å²) in [7, 11) is 1.92. The van der Waals surface area contributed by atoms with Crippen LogP contribution in [0.1, 0.15) is 36.9 Å². The summed E-state index contributed by atoms with van der Waals surface area (Å²) < 4.78 is 39.3. The van der Waals surface area contributed by atoms with Crippen LogP contribution in [0, 0.1) is 5.92 Å². The molecule has 5 heteroatoms. The summed E-state index contributed by atoms with van der Waals surface area (Å²) in [5.41, 5.74) is -0.156. The van der Waals surface area contributed by atoms with Crippen molar-refractivity contribution in [3.8, 4) is 0 Å². The maximum atomic E-state index is 13.1. The summed E-state index contributed by atoms with van der Waals surface area (Å²) in [4.78, 5) is 2.04. The Kier molecular flexibility index (Phi) is 5.27. The molecular weight excluding hydrogens is 277 g/mol. The fourth-order valence-corrected chi connectivity index (χ4v) is 2.99. The molecule has 0 aromatic heterocycles. The molecule has 0 aliphatic carbocycles. The molecule has 0 radical (unpaired) electrons. The zero-order valence-electron chi connectivity index (χ0n) is 12.6. The molecule has 0 spiro atoms. The number of halogens is 3. The molecule has 1 fully saturated rings. The summed E-state index contributed by atoms with van der Waals surface area (Å²) in [6.07, 6.45) is -2.10. The van der Waals surface area contributed by atoms with Crippen molar-refractivity contribution in [2.45, 2.75) is 32.0 Å². The van der Waals surface area contributed by atoms with Gasteiger partial charge >= 0.3 is 6.18 Å². The zero-order valence-corrected chi connectivity index (χ0v) is 12.6. The van der Waals surface area contributed by atoms with E-state index in [2.05, 4.69) is 5.32 Å². The maximum Gasteiger partial charge on any atom is 0.416 e. The number of benzene rings is 1. The molecule has 1 aliphatic rings. The molecule has 1 atom stereocenters. The fraction of sp³-hybridized carbons (Fsp3) is 0.625. The van der Waals surface area contributed by atoms with E-state index in [0.717, 1.165) is 32.5 Å². The van der Waals surface area contributed by atoms with Crippen molar-refractivity contribution in [3.63, 3.8) is 0 Å². The molecule has 1 aliphatic heterocycles. The van der Waals surface area contributed by atoms with Crippen molar-refractivity contribution >= 4 is 0 Å². The van der Waals surface area contributed by atoms with Crippen molar-refractivity contribution in [2.24, 2.45) is 5.92 Å². The summed E-state index contributed by atoms with van der Waals surface area (Å²) in [5, 5.41) is 3.31. The van der Waals surface area contributed by atoms with Crippen molar-refractivity contribution in [1.29, 1.82) is 0 Å². The van der Waals surface area contributed by atoms with Crippen LogP contribution in [0.15, 0.2) is 24.3 Å². The maximum absolute atomic E-state index is 13.1. The molecule has 118 valence electrons. The summed E-state index contributed by atoms with van der Waals surface area (Å²) >= 11 is 0. The van der Waals surface area contributed by atoms with Gasteiger partial charge in [-0.05, 0) is 57.5 Å². The van der Waals surface area contributed by atoms with Crippen LogP contribution in [0.4, 0.5) is 13.2 Å². The van der Waals surface area contributed by atoms with Crippen LogP contribution in [0.25, 0.3) is 0 Å². The first-order valence-electron chi connectivity index (χ1n) is 7.46. The van der Waals surface area contributed by atoms with Gasteiger partial charge in [0.1, 0.15) is 0 Å². The van der Waals surface area contributed by atoms with E-state index < -0.39 is 11.7 Å². The predicted octanol–water partition coefficient (Wildman–Crippen LogP) is 3.70. The minimum absolute atomic E-state index is 0.238. The second kappa shape index (κ2) is 6.79. The smallest absolute Gasteiger partial charge is 0.317 e. The van der Waals surface area contributed by atoms with Crippen molar-refractivity contribution < 1.29 is 13.2 Å². The Bertz CT molecular complexity index is 453. The molecular formula is C16H23F3N2. The lowest BCUT2D eigenvalue weighted by molar-refractivity contribution is -0.138. The molecule has 2 rings (SSSR count). The third-order valence-corrected chi connectivity index (χ3v) is 4.38. The normalized spacial score (nSPS) is 19.0. The predicted molar refractivity (Wildman–Crippen MR) is 78.1 cm³/mol. The number of nitrogens with zero attached hydrogens (tertiary/aromatic N) is 1. The molecule has 0 bridgehead atoms. The zero-order chi connectivity index (χ0) is 15.5. The number of hydrogen-bond donors (Lipinski definition) is 1. The van der Waals surface area contributed by atoms with Gasteiger partial charge in [0.15, 0.2) is 0 Å². The van der Waals surface area contributed by atoms with Gasteiger partial charge in [0.25, 0.3) is 0 Å². The number of rotatable bonds is 4. The van der Waals surface area contributed by atoms with Gasteiger partial charge in [0.2, 0.25) is 0 Å². The van der Waals surface area contributed by atoms with E-state index in [0.29, 0.717) is 11.5 Å². The van der Waals surface area contributed by atoms with Crippen LogP contribution < -0.4 is 5.32 Å². The topological polar surface area (TPSA) is 15.3 Å². The molecule has 1 saturated heterocycles. The summed E-state index contributed by atoms with van der Waals surface area (Å²) in [6.45, 7) is 4.71. The second-order valence-corrected chi connectivity index (χ2v) is 5.89. The largest absolute Gasteiger partial charge is 0.416 e. The Labute approximate surface area is 124 Å². The van der Waals surface area contributed by atoms with Crippen LogP contribution in [-0.2, 0) is 6.18 Å². The van der Waals surface area contributed by atoms with Gasteiger partial charge in [-0.15, -0.1) is 0 Å². The lowest BCUT2D eigenvalue weighted by Gasteiger charge is -2.32. The van der Waals surface area contributed by atoms with Crippen LogP contribution >= 0.6 is 0 Å². The van der Waals surface area contributed by atoms with E-state index >= 15 is 0 Å². The van der Waals surface area contributed by atoms with E-state index in [4.69, 9.17) is 0 Å². The number of alkyl halides is 3. The Hall–Kier alpha value is -1.07. The molecule has 0 amide bonds. The average molecular weight is 300 g/mol. The standard InChI is InChI=1S/C16H23F3N2/c1-12(21(2)11-13-7-9-20-10-8-13)14-5-3-4-6-15(14)16(17,18)19/h3-6,12-13,20H,7-11H2,1-2H3. The SMILES string of the molecule is CC(c1ccccc1C(F)(F)F)N(C)CC1CCNCC1. The lowest BCUT2D eigenvalue weighted by Crippen LogP contribution is -2.36. The number of nitrogens with one attached hydrogen (secondary N) is 1. The molecule has 0 saturated carbocycles. The fourth-order valence-electron chi connectivity index (χ4n) is 2.99. The average Bonchev–Trinajstić information content (AvgIpc) is 2.46. The van der Waals surface area contributed by atoms with Gasteiger partial charge < -0.3 is 5.32 Å². The highest BCUT2D eigenvalue weighted by Gasteiger charge is 2.35. The number of piperidine rings is 1. The Morgan fingerprint density at radius 2 is 1.86 bits per heavy atom. The van der Waals surface area contributed by atoms with Gasteiger partial charge in [-0.3, -0.25) is 4.90 Å². The van der Waals surface area contributed by atoms with Crippen LogP contribution in [0.3, 0.4) is 0 Å². The third-order valence-electron chi connectivity index (χ3n) is 4.38. The first-order valence-corrected chi connectivity index (χ1v) is 7.46. The monoisotopic (exact) mass is 300 g/mol. The van der Waals surface area contributed by atoms with Crippen molar-refractivity contribution in [2.75, 3.05) is 26.7 Å². The highest BCUT2D eigenvalue weighted by atomic mass is 19.4. The molecule has 1 heterocycles. The van der Waals surface area contributed by atoms with E-state index in [1.54, 1.807) is 12.1 Å². The molecule has 1 aromatic rings. The first-order chi connectivity index (χ1) is 9.89. The Balaban J connectivity index is 2.10. The van der Waals surface area contributed by atoms with Gasteiger partial charge in [0, 0.05) is 12.6 Å². The quantitative estimate of drug-likeness (QED) is 0.912. The van der Waals surface area contributed by atoms with Gasteiger partial charge in [0.05, 0.1) is 5.56 Å².